The lowest BCUT2D eigenvalue weighted by Gasteiger charge is -2.18. The van der Waals surface area contributed by atoms with Crippen LogP contribution in [0.25, 0.3) is 0 Å². The lowest BCUT2D eigenvalue weighted by Crippen LogP contribution is -2.30. The molecule has 0 fully saturated rings. The highest BCUT2D eigenvalue weighted by Crippen LogP contribution is 2.14. The highest BCUT2D eigenvalue weighted by Gasteiger charge is 2.19. The van der Waals surface area contributed by atoms with Gasteiger partial charge in [0.15, 0.2) is 6.10 Å². The van der Waals surface area contributed by atoms with E-state index in [1.807, 2.05) is 54.7 Å². The molecule has 0 bridgehead atoms. The van der Waals surface area contributed by atoms with Gasteiger partial charge in [-0.1, -0.05) is 228 Å². The number of esters is 3. The molecule has 0 rings (SSSR count). The van der Waals surface area contributed by atoms with Crippen molar-refractivity contribution < 1.29 is 28.6 Å². The second kappa shape index (κ2) is 48.3. The van der Waals surface area contributed by atoms with Crippen LogP contribution in [0.4, 0.5) is 0 Å². The molecular weight excluding hydrogens is 745 g/mol. The molecule has 0 aromatic carbocycles. The van der Waals surface area contributed by atoms with Gasteiger partial charge in [-0.25, -0.2) is 0 Å². The van der Waals surface area contributed by atoms with E-state index in [1.165, 1.54) is 103 Å². The van der Waals surface area contributed by atoms with E-state index in [0.29, 0.717) is 19.3 Å². The molecule has 0 aliphatic rings. The van der Waals surface area contributed by atoms with Gasteiger partial charge in [-0.2, -0.15) is 0 Å². The normalized spacial score (nSPS) is 12.8. The van der Waals surface area contributed by atoms with Crippen molar-refractivity contribution in [1.29, 1.82) is 0 Å². The van der Waals surface area contributed by atoms with Crippen LogP contribution < -0.4 is 0 Å². The van der Waals surface area contributed by atoms with E-state index in [0.717, 1.165) is 70.6 Å². The number of carbonyl (C=O) groups is 3. The van der Waals surface area contributed by atoms with E-state index in [9.17, 15) is 14.4 Å². The lowest BCUT2D eigenvalue weighted by atomic mass is 10.1. The van der Waals surface area contributed by atoms with Crippen LogP contribution in [-0.2, 0) is 28.6 Å². The maximum Gasteiger partial charge on any atom is 0.306 e. The van der Waals surface area contributed by atoms with Crippen molar-refractivity contribution in [3.8, 4) is 0 Å². The number of hydrogen-bond donors (Lipinski definition) is 0. The molecule has 0 heterocycles. The van der Waals surface area contributed by atoms with Gasteiger partial charge >= 0.3 is 17.9 Å². The maximum atomic E-state index is 12.7. The Labute approximate surface area is 369 Å². The smallest absolute Gasteiger partial charge is 0.306 e. The van der Waals surface area contributed by atoms with Gasteiger partial charge in [0.1, 0.15) is 13.2 Å². The zero-order valence-electron chi connectivity index (χ0n) is 38.9. The summed E-state index contributed by atoms with van der Waals surface area (Å²) in [7, 11) is 0. The number of unbranched alkanes of at least 4 members (excludes halogenated alkanes) is 23. The SMILES string of the molecule is CC\C=C/C=C\C=C/C=C\C=C/CCCC(=O)OC(COC(=O)CCCCCCC/C=C\C=C/CCCCCCCCC)COC(=O)CCCCCCCCCCCCC. The summed E-state index contributed by atoms with van der Waals surface area (Å²) in [4.78, 5) is 37.8. The number of ether oxygens (including phenoxy) is 3. The summed E-state index contributed by atoms with van der Waals surface area (Å²) in [5.74, 6) is -1.00. The Morgan fingerprint density at radius 3 is 1.08 bits per heavy atom. The van der Waals surface area contributed by atoms with Crippen LogP contribution in [-0.4, -0.2) is 37.2 Å². The van der Waals surface area contributed by atoms with Crippen LogP contribution in [0.3, 0.4) is 0 Å². The Kier molecular flexibility index (Phi) is 45.5. The molecule has 0 aliphatic carbocycles. The summed E-state index contributed by atoms with van der Waals surface area (Å²) in [6.07, 6.45) is 61.5. The molecule has 0 radical (unpaired) electrons. The fourth-order valence-electron chi connectivity index (χ4n) is 6.58. The van der Waals surface area contributed by atoms with Crippen LogP contribution in [0.1, 0.15) is 220 Å². The molecule has 60 heavy (non-hydrogen) atoms. The second-order valence-corrected chi connectivity index (χ2v) is 16.1. The standard InChI is InChI=1S/C54H90O6/c1-4-7-10-13-16-19-22-24-25-26-27-28-30-32-35-38-41-44-47-53(56)59-50-51(49-58-52(55)46-43-40-37-34-31-21-18-15-12-9-6-3)60-54(57)48-45-42-39-36-33-29-23-20-17-14-11-8-5-2/h8,11,14,17,20,23,25-29,33,36,39,51H,4-7,9-10,12-13,15-16,18-19,21-22,24,30-32,34-35,37-38,40-50H2,1-3H3/b11-8-,17-14-,23-20-,26-25-,28-27-,33-29-,39-36-. The molecule has 1 unspecified atom stereocenters. The lowest BCUT2D eigenvalue weighted by molar-refractivity contribution is -0.167. The first-order valence-electron chi connectivity index (χ1n) is 24.7. The highest BCUT2D eigenvalue weighted by atomic mass is 16.6. The molecule has 0 amide bonds. The predicted molar refractivity (Wildman–Crippen MR) is 256 cm³/mol. The average molecular weight is 835 g/mol. The Hall–Kier alpha value is -3.41. The van der Waals surface area contributed by atoms with E-state index in [-0.39, 0.29) is 37.5 Å². The van der Waals surface area contributed by atoms with Crippen molar-refractivity contribution in [1.82, 2.24) is 0 Å². The third kappa shape index (κ3) is 45.7. The van der Waals surface area contributed by atoms with Crippen molar-refractivity contribution in [3.05, 3.63) is 85.1 Å². The molecule has 1 atom stereocenters. The molecule has 6 nitrogen and oxygen atoms in total. The summed E-state index contributed by atoms with van der Waals surface area (Å²) >= 11 is 0. The summed E-state index contributed by atoms with van der Waals surface area (Å²) in [6, 6.07) is 0. The molecule has 0 N–H and O–H groups in total. The number of allylic oxidation sites excluding steroid dienone is 14. The molecule has 0 aliphatic heterocycles. The third-order valence-electron chi connectivity index (χ3n) is 10.3. The van der Waals surface area contributed by atoms with Gasteiger partial charge in [-0.15, -0.1) is 0 Å². The van der Waals surface area contributed by atoms with Crippen LogP contribution >= 0.6 is 0 Å². The monoisotopic (exact) mass is 835 g/mol. The van der Waals surface area contributed by atoms with Gasteiger partial charge in [0.2, 0.25) is 0 Å². The van der Waals surface area contributed by atoms with Crippen molar-refractivity contribution >= 4 is 17.9 Å². The Morgan fingerprint density at radius 1 is 0.350 bits per heavy atom. The summed E-state index contributed by atoms with van der Waals surface area (Å²) < 4.78 is 16.7. The summed E-state index contributed by atoms with van der Waals surface area (Å²) in [6.45, 7) is 6.39. The van der Waals surface area contributed by atoms with E-state index in [1.54, 1.807) is 0 Å². The van der Waals surface area contributed by atoms with Gasteiger partial charge in [-0.3, -0.25) is 14.4 Å². The first kappa shape index (κ1) is 56.6. The summed E-state index contributed by atoms with van der Waals surface area (Å²) in [5, 5.41) is 0. The summed E-state index contributed by atoms with van der Waals surface area (Å²) in [5.41, 5.74) is 0. The number of hydrogen-bond acceptors (Lipinski definition) is 6. The van der Waals surface area contributed by atoms with Crippen LogP contribution in [0.5, 0.6) is 0 Å². The Balaban J connectivity index is 4.48. The van der Waals surface area contributed by atoms with Crippen LogP contribution in [0.15, 0.2) is 85.1 Å². The average Bonchev–Trinajstić information content (AvgIpc) is 3.24. The van der Waals surface area contributed by atoms with E-state index in [2.05, 4.69) is 51.2 Å². The van der Waals surface area contributed by atoms with Gasteiger partial charge in [0, 0.05) is 19.3 Å². The first-order chi connectivity index (χ1) is 29.5. The van der Waals surface area contributed by atoms with Gasteiger partial charge in [0.05, 0.1) is 0 Å². The number of rotatable bonds is 43. The Morgan fingerprint density at radius 2 is 0.667 bits per heavy atom. The minimum Gasteiger partial charge on any atom is -0.462 e. The molecule has 342 valence electrons. The van der Waals surface area contributed by atoms with E-state index in [4.69, 9.17) is 14.2 Å². The first-order valence-corrected chi connectivity index (χ1v) is 24.7. The fraction of sp³-hybridized carbons (Fsp3) is 0.685. The zero-order valence-corrected chi connectivity index (χ0v) is 38.9. The van der Waals surface area contributed by atoms with Crippen molar-refractivity contribution in [3.63, 3.8) is 0 Å². The Bertz CT molecular complexity index is 1190. The van der Waals surface area contributed by atoms with Gasteiger partial charge in [0.25, 0.3) is 0 Å². The van der Waals surface area contributed by atoms with E-state index < -0.39 is 6.10 Å². The van der Waals surface area contributed by atoms with Crippen LogP contribution in [0.2, 0.25) is 0 Å². The molecular formula is C54H90O6. The van der Waals surface area contributed by atoms with Crippen molar-refractivity contribution in [2.75, 3.05) is 13.2 Å². The molecule has 0 saturated heterocycles. The molecule has 0 saturated carbocycles. The minimum atomic E-state index is -0.817. The molecule has 0 spiro atoms. The largest absolute Gasteiger partial charge is 0.462 e. The minimum absolute atomic E-state index is 0.110. The van der Waals surface area contributed by atoms with Gasteiger partial charge < -0.3 is 14.2 Å². The second-order valence-electron chi connectivity index (χ2n) is 16.1. The van der Waals surface area contributed by atoms with Crippen LogP contribution in [0, 0.1) is 0 Å². The number of carbonyl (C=O) groups excluding carboxylic acids is 3. The molecule has 0 aromatic rings. The van der Waals surface area contributed by atoms with Gasteiger partial charge in [-0.05, 0) is 57.8 Å². The fourth-order valence-corrected chi connectivity index (χ4v) is 6.58. The predicted octanol–water partition coefficient (Wildman–Crippen LogP) is 16.0. The van der Waals surface area contributed by atoms with E-state index >= 15 is 0 Å². The van der Waals surface area contributed by atoms with Crippen molar-refractivity contribution in [2.24, 2.45) is 0 Å². The molecule has 6 heteroatoms. The third-order valence-corrected chi connectivity index (χ3v) is 10.3. The highest BCUT2D eigenvalue weighted by molar-refractivity contribution is 5.71. The molecule has 0 aromatic heterocycles. The van der Waals surface area contributed by atoms with Crippen molar-refractivity contribution in [2.45, 2.75) is 226 Å². The zero-order chi connectivity index (χ0) is 43.7. The maximum absolute atomic E-state index is 12.7. The quantitative estimate of drug-likeness (QED) is 0.0263. The topological polar surface area (TPSA) is 78.9 Å².